The van der Waals surface area contributed by atoms with Crippen LogP contribution in [0.5, 0.6) is 0 Å². The van der Waals surface area contributed by atoms with Gasteiger partial charge in [-0.25, -0.2) is 16.8 Å². The molecule has 0 unspecified atom stereocenters. The minimum absolute atomic E-state index is 0.0266. The second-order valence-electron chi connectivity index (χ2n) is 9.61. The molecule has 1 amide bonds. The summed E-state index contributed by atoms with van der Waals surface area (Å²) in [5.41, 5.74) is 3.03. The topological polar surface area (TPSA) is 113 Å². The van der Waals surface area contributed by atoms with Crippen LogP contribution < -0.4 is 14.3 Å². The smallest absolute Gasteiger partial charge is 0.261 e. The molecule has 36 heavy (non-hydrogen) atoms. The van der Waals surface area contributed by atoms with Gasteiger partial charge in [0.1, 0.15) is 6.54 Å². The lowest BCUT2D eigenvalue weighted by Crippen LogP contribution is -2.37. The first kappa shape index (κ1) is 27.2. The first-order chi connectivity index (χ1) is 16.6. The molecule has 8 nitrogen and oxygen atoms in total. The van der Waals surface area contributed by atoms with E-state index in [1.807, 2.05) is 25.1 Å². The van der Waals surface area contributed by atoms with Crippen molar-refractivity contribution in [2.45, 2.75) is 38.0 Å². The molecule has 10 heteroatoms. The molecular formula is C26H31N3O5S2. The van der Waals surface area contributed by atoms with Crippen molar-refractivity contribution in [1.29, 1.82) is 0 Å². The van der Waals surface area contributed by atoms with Crippen LogP contribution in [0.1, 0.15) is 31.9 Å². The van der Waals surface area contributed by atoms with Gasteiger partial charge in [-0.05, 0) is 72.0 Å². The van der Waals surface area contributed by atoms with Crippen molar-refractivity contribution < 1.29 is 21.6 Å². The summed E-state index contributed by atoms with van der Waals surface area (Å²) in [6.07, 6.45) is 1.04. The second kappa shape index (κ2) is 10.3. The minimum Gasteiger partial charge on any atom is -0.325 e. The maximum Gasteiger partial charge on any atom is 0.261 e. The number of nitrogens with zero attached hydrogens (tertiary/aromatic N) is 1. The molecule has 0 radical (unpaired) electrons. The van der Waals surface area contributed by atoms with Gasteiger partial charge in [0.25, 0.3) is 10.0 Å². The summed E-state index contributed by atoms with van der Waals surface area (Å²) in [7, 11) is -7.54. The largest absolute Gasteiger partial charge is 0.325 e. The zero-order chi connectivity index (χ0) is 26.7. The van der Waals surface area contributed by atoms with Crippen LogP contribution in [0.15, 0.2) is 77.7 Å². The first-order valence-electron chi connectivity index (χ1n) is 11.2. The van der Waals surface area contributed by atoms with Gasteiger partial charge in [0, 0.05) is 11.4 Å². The Labute approximate surface area is 213 Å². The first-order valence-corrected chi connectivity index (χ1v) is 14.6. The Morgan fingerprint density at radius 2 is 1.47 bits per heavy atom. The number of hydrogen-bond acceptors (Lipinski definition) is 5. The molecule has 2 N–H and O–H groups in total. The lowest BCUT2D eigenvalue weighted by atomic mass is 9.87. The lowest BCUT2D eigenvalue weighted by molar-refractivity contribution is -0.114. The highest BCUT2D eigenvalue weighted by atomic mass is 32.2. The van der Waals surface area contributed by atoms with E-state index in [0.717, 1.165) is 21.7 Å². The van der Waals surface area contributed by atoms with Crippen molar-refractivity contribution in [1.82, 2.24) is 0 Å². The molecule has 0 saturated carbocycles. The van der Waals surface area contributed by atoms with Crippen molar-refractivity contribution in [3.05, 3.63) is 83.9 Å². The number of rotatable bonds is 8. The molecule has 0 aliphatic heterocycles. The van der Waals surface area contributed by atoms with Gasteiger partial charge >= 0.3 is 0 Å². The van der Waals surface area contributed by atoms with E-state index in [0.29, 0.717) is 17.1 Å². The summed E-state index contributed by atoms with van der Waals surface area (Å²) >= 11 is 0. The normalized spacial score (nSPS) is 12.1. The Morgan fingerprint density at radius 3 is 2.00 bits per heavy atom. The Bertz CT molecular complexity index is 1440. The highest BCUT2D eigenvalue weighted by Gasteiger charge is 2.22. The van der Waals surface area contributed by atoms with E-state index in [-0.39, 0.29) is 10.3 Å². The average Bonchev–Trinajstić information content (AvgIpc) is 2.76. The number of aryl methyl sites for hydroxylation is 1. The molecule has 0 aliphatic carbocycles. The maximum atomic E-state index is 12.7. The van der Waals surface area contributed by atoms with Crippen molar-refractivity contribution in [2.24, 2.45) is 0 Å². The predicted molar refractivity (Wildman–Crippen MR) is 144 cm³/mol. The second-order valence-corrected chi connectivity index (χ2v) is 13.2. The molecule has 0 atom stereocenters. The number of anilines is 3. The molecule has 0 spiro atoms. The quantitative estimate of drug-likeness (QED) is 0.446. The number of carbonyl (C=O) groups excluding carboxylic acids is 1. The number of nitrogens with one attached hydrogen (secondary N) is 2. The minimum atomic E-state index is -3.81. The number of benzene rings is 3. The molecule has 0 fully saturated rings. The van der Waals surface area contributed by atoms with Crippen LogP contribution >= 0.6 is 0 Å². The number of sulfonamides is 2. The molecule has 0 aliphatic rings. The van der Waals surface area contributed by atoms with Gasteiger partial charge in [-0.15, -0.1) is 0 Å². The fourth-order valence-electron chi connectivity index (χ4n) is 3.50. The van der Waals surface area contributed by atoms with Gasteiger partial charge in [0.15, 0.2) is 0 Å². The van der Waals surface area contributed by atoms with Gasteiger partial charge in [-0.3, -0.25) is 13.8 Å². The summed E-state index contributed by atoms with van der Waals surface area (Å²) in [4.78, 5) is 12.7. The molecule has 3 aromatic rings. The van der Waals surface area contributed by atoms with Crippen molar-refractivity contribution in [3.63, 3.8) is 0 Å². The van der Waals surface area contributed by atoms with Gasteiger partial charge in [0.2, 0.25) is 15.9 Å². The number of carbonyl (C=O) groups is 1. The summed E-state index contributed by atoms with van der Waals surface area (Å²) in [6, 6.07) is 19.7. The molecule has 0 aromatic heterocycles. The van der Waals surface area contributed by atoms with Crippen LogP contribution in [0.3, 0.4) is 0 Å². The predicted octanol–water partition coefficient (Wildman–Crippen LogP) is 4.50. The molecule has 3 aromatic carbocycles. The lowest BCUT2D eigenvalue weighted by Gasteiger charge is -2.24. The monoisotopic (exact) mass is 529 g/mol. The molecule has 0 bridgehead atoms. The van der Waals surface area contributed by atoms with Crippen LogP contribution in [0.2, 0.25) is 0 Å². The molecular weight excluding hydrogens is 498 g/mol. The Morgan fingerprint density at radius 1 is 0.861 bits per heavy atom. The average molecular weight is 530 g/mol. The number of amides is 1. The van der Waals surface area contributed by atoms with E-state index in [2.05, 4.69) is 30.8 Å². The van der Waals surface area contributed by atoms with E-state index >= 15 is 0 Å². The van der Waals surface area contributed by atoms with Crippen LogP contribution in [-0.2, 0) is 30.3 Å². The summed E-state index contributed by atoms with van der Waals surface area (Å²) < 4.78 is 53.7. The number of hydrogen-bond donors (Lipinski definition) is 2. The summed E-state index contributed by atoms with van der Waals surface area (Å²) in [5, 5.41) is 2.63. The van der Waals surface area contributed by atoms with Crippen LogP contribution in [0, 0.1) is 6.92 Å². The van der Waals surface area contributed by atoms with Gasteiger partial charge in [-0.1, -0.05) is 45.0 Å². The SMILES string of the molecule is Cc1cccc(NS(=O)(=O)c2ccc(NC(=O)CN(c3ccc(C(C)(C)C)cc3)S(C)(=O)=O)cc2)c1. The third-order valence-electron chi connectivity index (χ3n) is 5.43. The maximum absolute atomic E-state index is 12.7. The Kier molecular flexibility index (Phi) is 7.80. The van der Waals surface area contributed by atoms with E-state index < -0.39 is 32.5 Å². The van der Waals surface area contributed by atoms with Gasteiger partial charge in [-0.2, -0.15) is 0 Å². The van der Waals surface area contributed by atoms with Crippen molar-refractivity contribution in [2.75, 3.05) is 27.1 Å². The molecule has 3 rings (SSSR count). The van der Waals surface area contributed by atoms with Gasteiger partial charge < -0.3 is 5.32 Å². The summed E-state index contributed by atoms with van der Waals surface area (Å²) in [6.45, 7) is 7.60. The van der Waals surface area contributed by atoms with Crippen LogP contribution in [-0.4, -0.2) is 35.5 Å². The molecule has 0 heterocycles. The van der Waals surface area contributed by atoms with Crippen molar-refractivity contribution in [3.8, 4) is 0 Å². The van der Waals surface area contributed by atoms with E-state index in [9.17, 15) is 21.6 Å². The molecule has 0 saturated heterocycles. The van der Waals surface area contributed by atoms with Crippen molar-refractivity contribution >= 4 is 43.0 Å². The fourth-order valence-corrected chi connectivity index (χ4v) is 5.40. The highest BCUT2D eigenvalue weighted by Crippen LogP contribution is 2.26. The fraction of sp³-hybridized carbons (Fsp3) is 0.269. The van der Waals surface area contributed by atoms with E-state index in [4.69, 9.17) is 0 Å². The van der Waals surface area contributed by atoms with Gasteiger partial charge in [0.05, 0.1) is 16.8 Å². The van der Waals surface area contributed by atoms with Crippen LogP contribution in [0.4, 0.5) is 17.1 Å². The zero-order valence-electron chi connectivity index (χ0n) is 20.9. The zero-order valence-corrected chi connectivity index (χ0v) is 22.6. The van der Waals surface area contributed by atoms with Crippen LogP contribution in [0.25, 0.3) is 0 Å². The third-order valence-corrected chi connectivity index (χ3v) is 7.97. The Balaban J connectivity index is 1.71. The summed E-state index contributed by atoms with van der Waals surface area (Å²) in [5.74, 6) is -0.561. The highest BCUT2D eigenvalue weighted by molar-refractivity contribution is 7.92. The molecule has 192 valence electrons. The third kappa shape index (κ3) is 7.08. The van der Waals surface area contributed by atoms with E-state index in [1.54, 1.807) is 30.3 Å². The van der Waals surface area contributed by atoms with E-state index in [1.165, 1.54) is 24.3 Å². The standard InChI is InChI=1S/C26H31N3O5S2/c1-19-7-6-8-22(17-19)28-36(33,34)24-15-11-21(12-16-24)27-25(30)18-29(35(5,31)32)23-13-9-20(10-14-23)26(2,3)4/h6-17,28H,18H2,1-5H3,(H,27,30). The Hall–Kier alpha value is -3.37.